The van der Waals surface area contributed by atoms with Crippen molar-refractivity contribution >= 4 is 27.7 Å². The smallest absolute Gasteiger partial charge is 0.251 e. The van der Waals surface area contributed by atoms with Crippen LogP contribution in [-0.2, 0) is 10.0 Å². The second-order valence-corrected chi connectivity index (χ2v) is 9.98. The van der Waals surface area contributed by atoms with Crippen LogP contribution in [0.5, 0.6) is 0 Å². The first-order valence-electron chi connectivity index (χ1n) is 9.33. The van der Waals surface area contributed by atoms with Crippen LogP contribution in [0.2, 0.25) is 0 Å². The number of hydrogen-bond donors (Lipinski definition) is 2. The molecule has 148 valence electrons. The van der Waals surface area contributed by atoms with Crippen LogP contribution in [0.25, 0.3) is 0 Å². The standard InChI is InChI=1S/C20H23N3O3S2/c21-28(25,26)19-4-2-1-3-18(19)27-16-7-5-15(6-8-16)20(24)22-17-13-23-11-9-14(17)10-12-23/h1-8,14,17H,9-13H2,(H,22,24)(H2,21,25,26)/t17-/m0/s1. The highest BCUT2D eigenvalue weighted by atomic mass is 32.2. The van der Waals surface area contributed by atoms with E-state index >= 15 is 0 Å². The first-order chi connectivity index (χ1) is 13.4. The van der Waals surface area contributed by atoms with Gasteiger partial charge in [-0.1, -0.05) is 23.9 Å². The Kier molecular flexibility index (Phi) is 5.46. The van der Waals surface area contributed by atoms with E-state index in [-0.39, 0.29) is 16.8 Å². The molecule has 3 aliphatic heterocycles. The molecule has 28 heavy (non-hydrogen) atoms. The van der Waals surface area contributed by atoms with Crippen molar-refractivity contribution in [2.45, 2.75) is 33.6 Å². The van der Waals surface area contributed by atoms with Crippen molar-refractivity contribution in [2.75, 3.05) is 19.6 Å². The fourth-order valence-corrected chi connectivity index (χ4v) is 5.88. The molecule has 3 fully saturated rings. The van der Waals surface area contributed by atoms with Gasteiger partial charge in [0.2, 0.25) is 10.0 Å². The number of sulfonamides is 1. The zero-order valence-corrected chi connectivity index (χ0v) is 17.0. The highest BCUT2D eigenvalue weighted by Gasteiger charge is 2.34. The largest absolute Gasteiger partial charge is 0.348 e. The zero-order valence-electron chi connectivity index (χ0n) is 15.4. The van der Waals surface area contributed by atoms with Gasteiger partial charge in [0.05, 0.1) is 4.90 Å². The summed E-state index contributed by atoms with van der Waals surface area (Å²) >= 11 is 1.31. The topological polar surface area (TPSA) is 92.5 Å². The lowest BCUT2D eigenvalue weighted by molar-refractivity contribution is 0.0620. The second-order valence-electron chi connectivity index (χ2n) is 7.34. The van der Waals surface area contributed by atoms with E-state index in [4.69, 9.17) is 5.14 Å². The lowest BCUT2D eigenvalue weighted by Crippen LogP contribution is -2.57. The molecule has 0 aliphatic carbocycles. The van der Waals surface area contributed by atoms with E-state index in [9.17, 15) is 13.2 Å². The van der Waals surface area contributed by atoms with Crippen LogP contribution in [0.4, 0.5) is 0 Å². The van der Waals surface area contributed by atoms with Gasteiger partial charge < -0.3 is 10.2 Å². The normalized spacial score (nSPS) is 24.1. The van der Waals surface area contributed by atoms with E-state index in [0.29, 0.717) is 16.4 Å². The SMILES string of the molecule is NS(=O)(=O)c1ccccc1Sc1ccc(C(=O)N[C@H]2CN3CCC2CC3)cc1. The summed E-state index contributed by atoms with van der Waals surface area (Å²) in [7, 11) is -3.78. The lowest BCUT2D eigenvalue weighted by atomic mass is 9.84. The molecule has 2 aromatic carbocycles. The fourth-order valence-electron chi connectivity index (χ4n) is 3.95. The molecule has 8 heteroatoms. The molecule has 0 aromatic heterocycles. The average molecular weight is 418 g/mol. The Morgan fingerprint density at radius 2 is 1.75 bits per heavy atom. The molecular weight excluding hydrogens is 394 g/mol. The highest BCUT2D eigenvalue weighted by Crippen LogP contribution is 2.32. The van der Waals surface area contributed by atoms with Crippen LogP contribution in [0.1, 0.15) is 23.2 Å². The quantitative estimate of drug-likeness (QED) is 0.779. The molecule has 0 spiro atoms. The fraction of sp³-hybridized carbons (Fsp3) is 0.350. The number of rotatable bonds is 5. The molecule has 2 bridgehead atoms. The predicted octanol–water partition coefficient (Wildman–Crippen LogP) is 2.31. The van der Waals surface area contributed by atoms with Gasteiger partial charge in [0.15, 0.2) is 0 Å². The van der Waals surface area contributed by atoms with E-state index in [1.54, 1.807) is 30.3 Å². The van der Waals surface area contributed by atoms with Gasteiger partial charge in [-0.2, -0.15) is 0 Å². The molecule has 0 saturated carbocycles. The van der Waals surface area contributed by atoms with Crippen molar-refractivity contribution in [2.24, 2.45) is 11.1 Å². The number of carbonyl (C=O) groups excluding carboxylic acids is 1. The number of benzene rings is 2. The molecular formula is C20H23N3O3S2. The van der Waals surface area contributed by atoms with E-state index < -0.39 is 10.0 Å². The van der Waals surface area contributed by atoms with Crippen LogP contribution in [0.3, 0.4) is 0 Å². The maximum atomic E-state index is 12.6. The third-order valence-corrected chi connectivity index (χ3v) is 7.65. The summed E-state index contributed by atoms with van der Waals surface area (Å²) in [5, 5.41) is 8.47. The number of fused-ring (bicyclic) bond motifs is 3. The minimum Gasteiger partial charge on any atom is -0.348 e. The molecule has 3 saturated heterocycles. The van der Waals surface area contributed by atoms with Gasteiger partial charge in [-0.15, -0.1) is 0 Å². The third-order valence-electron chi connectivity index (χ3n) is 5.47. The monoisotopic (exact) mass is 417 g/mol. The van der Waals surface area contributed by atoms with Gasteiger partial charge in [-0.3, -0.25) is 4.79 Å². The van der Waals surface area contributed by atoms with Crippen molar-refractivity contribution in [3.63, 3.8) is 0 Å². The predicted molar refractivity (Wildman–Crippen MR) is 109 cm³/mol. The zero-order chi connectivity index (χ0) is 19.7. The summed E-state index contributed by atoms with van der Waals surface area (Å²) in [5.74, 6) is 0.527. The van der Waals surface area contributed by atoms with E-state index in [2.05, 4.69) is 10.2 Å². The summed E-state index contributed by atoms with van der Waals surface area (Å²) in [6.07, 6.45) is 2.31. The van der Waals surface area contributed by atoms with E-state index in [1.165, 1.54) is 17.8 Å². The molecule has 0 radical (unpaired) electrons. The van der Waals surface area contributed by atoms with Crippen molar-refractivity contribution < 1.29 is 13.2 Å². The number of hydrogen-bond acceptors (Lipinski definition) is 5. The lowest BCUT2D eigenvalue weighted by Gasteiger charge is -2.44. The van der Waals surface area contributed by atoms with Gasteiger partial charge in [0.1, 0.15) is 0 Å². The number of carbonyl (C=O) groups is 1. The molecule has 3 aliphatic rings. The number of piperidine rings is 3. The third kappa shape index (κ3) is 4.25. The number of nitrogens with two attached hydrogens (primary N) is 1. The van der Waals surface area contributed by atoms with E-state index in [0.717, 1.165) is 37.4 Å². The Balaban J connectivity index is 1.44. The van der Waals surface area contributed by atoms with E-state index in [1.807, 2.05) is 12.1 Å². The van der Waals surface area contributed by atoms with Gasteiger partial charge in [0.25, 0.3) is 5.91 Å². The Bertz CT molecular complexity index is 968. The van der Waals surface area contributed by atoms with Crippen molar-refractivity contribution in [3.05, 3.63) is 54.1 Å². The van der Waals surface area contributed by atoms with Crippen LogP contribution in [0.15, 0.2) is 63.2 Å². The molecule has 6 nitrogen and oxygen atoms in total. The number of amides is 1. The van der Waals surface area contributed by atoms with Crippen LogP contribution in [-0.4, -0.2) is 44.9 Å². The Labute approximate surface area is 169 Å². The molecule has 5 rings (SSSR count). The molecule has 1 amide bonds. The summed E-state index contributed by atoms with van der Waals surface area (Å²) in [6.45, 7) is 3.22. The van der Waals surface area contributed by atoms with Crippen LogP contribution < -0.4 is 10.5 Å². The molecule has 1 atom stereocenters. The minimum absolute atomic E-state index is 0.0553. The summed E-state index contributed by atoms with van der Waals surface area (Å²) in [4.78, 5) is 16.5. The Morgan fingerprint density at radius 3 is 2.36 bits per heavy atom. The second kappa shape index (κ2) is 7.87. The first kappa shape index (κ1) is 19.4. The minimum atomic E-state index is -3.78. The average Bonchev–Trinajstić information content (AvgIpc) is 2.69. The van der Waals surface area contributed by atoms with Crippen LogP contribution >= 0.6 is 11.8 Å². The van der Waals surface area contributed by atoms with Crippen molar-refractivity contribution in [1.82, 2.24) is 10.2 Å². The van der Waals surface area contributed by atoms with Gasteiger partial charge >= 0.3 is 0 Å². The molecule has 3 N–H and O–H groups in total. The molecule has 3 heterocycles. The van der Waals surface area contributed by atoms with Crippen molar-refractivity contribution in [3.8, 4) is 0 Å². The van der Waals surface area contributed by atoms with Gasteiger partial charge in [0, 0.05) is 27.9 Å². The maximum absolute atomic E-state index is 12.6. The Morgan fingerprint density at radius 1 is 1.07 bits per heavy atom. The summed E-state index contributed by atoms with van der Waals surface area (Å²) in [5.41, 5.74) is 0.612. The highest BCUT2D eigenvalue weighted by molar-refractivity contribution is 8.00. The van der Waals surface area contributed by atoms with Gasteiger partial charge in [-0.25, -0.2) is 13.6 Å². The van der Waals surface area contributed by atoms with Gasteiger partial charge in [-0.05, 0) is 68.2 Å². The summed E-state index contributed by atoms with van der Waals surface area (Å²) in [6, 6.07) is 14.1. The summed E-state index contributed by atoms with van der Waals surface area (Å²) < 4.78 is 23.5. The molecule has 0 unspecified atom stereocenters. The number of primary sulfonamides is 1. The molecule has 2 aromatic rings. The number of nitrogens with zero attached hydrogens (tertiary/aromatic N) is 1. The number of nitrogens with one attached hydrogen (secondary N) is 1. The van der Waals surface area contributed by atoms with Crippen LogP contribution in [0, 0.1) is 5.92 Å². The Hall–Kier alpha value is -1.87. The van der Waals surface area contributed by atoms with Crippen molar-refractivity contribution in [1.29, 1.82) is 0 Å². The first-order valence-corrected chi connectivity index (χ1v) is 11.7. The maximum Gasteiger partial charge on any atom is 0.251 e.